The molecule has 2 aliphatic carbocycles. The molecule has 10 nitrogen and oxygen atoms in total. The third-order valence-corrected chi connectivity index (χ3v) is 12.1. The van der Waals surface area contributed by atoms with Gasteiger partial charge in [-0.1, -0.05) is 53.5 Å². The average Bonchev–Trinajstić information content (AvgIpc) is 3.72. The number of ether oxygens (including phenoxy) is 1. The summed E-state index contributed by atoms with van der Waals surface area (Å²) in [6.45, 7) is 19.5. The summed E-state index contributed by atoms with van der Waals surface area (Å²) < 4.78 is 10.6. The van der Waals surface area contributed by atoms with Crippen molar-refractivity contribution in [2.75, 3.05) is 11.5 Å². The minimum Gasteiger partial charge on any atom is -0.396 e. The van der Waals surface area contributed by atoms with Gasteiger partial charge in [0.25, 0.3) is 0 Å². The lowest BCUT2D eigenvalue weighted by molar-refractivity contribution is -0.0346. The quantitative estimate of drug-likeness (QED) is 0.138. The predicted molar refractivity (Wildman–Crippen MR) is 229 cm³/mol. The fraction of sp³-hybridized carbons (Fsp3) is 0.244. The fourth-order valence-corrected chi connectivity index (χ4v) is 8.22. The lowest BCUT2D eigenvalue weighted by Gasteiger charge is -2.36. The molecule has 9 rings (SSSR count). The molecule has 0 saturated heterocycles. The van der Waals surface area contributed by atoms with Gasteiger partial charge < -0.3 is 30.4 Å². The van der Waals surface area contributed by atoms with Crippen LogP contribution in [0.3, 0.4) is 0 Å². The first kappa shape index (κ1) is 38.0. The molecule has 7 aromatic rings. The lowest BCUT2D eigenvalue weighted by atomic mass is 9.88. The van der Waals surface area contributed by atoms with Crippen molar-refractivity contribution in [2.24, 2.45) is 0 Å². The third-order valence-electron chi connectivity index (χ3n) is 11.2. The zero-order chi connectivity index (χ0) is 40.0. The van der Waals surface area contributed by atoms with Gasteiger partial charge in [0, 0.05) is 70.2 Å². The van der Waals surface area contributed by atoms with Crippen LogP contribution in [0.5, 0.6) is 0 Å². The van der Waals surface area contributed by atoms with Crippen LogP contribution in [0.4, 0.5) is 22.7 Å². The minimum atomic E-state index is -0.243. The highest BCUT2D eigenvalue weighted by Gasteiger charge is 2.33. The van der Waals surface area contributed by atoms with Gasteiger partial charge in [-0.15, -0.1) is 0 Å². The second-order valence-corrected chi connectivity index (χ2v) is 15.7. The van der Waals surface area contributed by atoms with Gasteiger partial charge in [0.15, 0.2) is 11.4 Å². The van der Waals surface area contributed by atoms with Crippen LogP contribution in [0.1, 0.15) is 54.5 Å². The van der Waals surface area contributed by atoms with E-state index in [0.29, 0.717) is 45.4 Å². The van der Waals surface area contributed by atoms with Gasteiger partial charge in [0.2, 0.25) is 0 Å². The third kappa shape index (κ3) is 7.18. The molecule has 0 aliphatic heterocycles. The molecule has 12 heteroatoms. The molecule has 4 heterocycles. The summed E-state index contributed by atoms with van der Waals surface area (Å²) >= 11 is 13.0. The van der Waals surface area contributed by atoms with E-state index in [1.807, 2.05) is 56.4 Å². The Morgan fingerprint density at radius 3 is 1.65 bits per heavy atom. The van der Waals surface area contributed by atoms with Crippen molar-refractivity contribution in [2.45, 2.75) is 70.4 Å². The van der Waals surface area contributed by atoms with E-state index in [0.717, 1.165) is 80.9 Å². The molecule has 0 bridgehead atoms. The van der Waals surface area contributed by atoms with E-state index in [1.54, 1.807) is 18.6 Å². The number of aliphatic hydroxyl groups is 1. The van der Waals surface area contributed by atoms with Crippen molar-refractivity contribution in [1.29, 1.82) is 0 Å². The first-order valence-corrected chi connectivity index (χ1v) is 19.5. The number of fused-ring (bicyclic) bond motifs is 2. The maximum Gasteiger partial charge on any atom is 0.190 e. The molecule has 0 atom stereocenters. The average molecular weight is 796 g/mol. The van der Waals surface area contributed by atoms with Crippen LogP contribution in [0.2, 0.25) is 10.0 Å². The number of nitrogen functional groups attached to an aromatic ring is 2. The summed E-state index contributed by atoms with van der Waals surface area (Å²) in [7, 11) is 0. The second kappa shape index (κ2) is 15.6. The summed E-state index contributed by atoms with van der Waals surface area (Å²) in [4.78, 5) is 15.7. The Labute approximate surface area is 340 Å². The molecule has 2 aliphatic rings. The SMILES string of the molecule is [C-]#[N+]c1cc2c(-c3cncc(N)c3Cl)cn(C3CC(O)C3)c2cc1C.[C-]#[N+]c1cc2c(-c3cncc(N)c3Cl)cn(C3CC(OCc4ccccc4)C3)c2cc1C. The second-order valence-electron chi connectivity index (χ2n) is 14.9. The Hall–Kier alpha value is -5.88. The van der Waals surface area contributed by atoms with Gasteiger partial charge in [0.1, 0.15) is 0 Å². The molecule has 3 aromatic carbocycles. The van der Waals surface area contributed by atoms with Crippen molar-refractivity contribution in [3.05, 3.63) is 141 Å². The predicted octanol–water partition coefficient (Wildman–Crippen LogP) is 11.2. The number of rotatable bonds is 7. The van der Waals surface area contributed by atoms with Crippen LogP contribution >= 0.6 is 23.2 Å². The zero-order valence-corrected chi connectivity index (χ0v) is 33.0. The van der Waals surface area contributed by atoms with Gasteiger partial charge in [-0.2, -0.15) is 0 Å². The van der Waals surface area contributed by atoms with Crippen molar-refractivity contribution in [1.82, 2.24) is 19.1 Å². The molecule has 286 valence electrons. The Balaban J connectivity index is 0.000000165. The Morgan fingerprint density at radius 1 is 0.719 bits per heavy atom. The summed E-state index contributed by atoms with van der Waals surface area (Å²) in [5.41, 5.74) is 22.7. The number of halogens is 2. The highest BCUT2D eigenvalue weighted by atomic mass is 35.5. The van der Waals surface area contributed by atoms with Crippen LogP contribution < -0.4 is 11.5 Å². The monoisotopic (exact) mass is 794 g/mol. The van der Waals surface area contributed by atoms with Crippen LogP contribution in [0.15, 0.2) is 91.8 Å². The molecule has 4 aromatic heterocycles. The van der Waals surface area contributed by atoms with E-state index in [2.05, 4.69) is 53.2 Å². The molecule has 5 N–H and O–H groups in total. The number of hydrogen-bond donors (Lipinski definition) is 3. The lowest BCUT2D eigenvalue weighted by Crippen LogP contribution is -2.32. The summed E-state index contributed by atoms with van der Waals surface area (Å²) in [5.74, 6) is 0. The van der Waals surface area contributed by atoms with Crippen LogP contribution in [0.25, 0.3) is 53.7 Å². The van der Waals surface area contributed by atoms with Gasteiger partial charge in [0.05, 0.1) is 65.8 Å². The molecule has 2 fully saturated rings. The first-order valence-electron chi connectivity index (χ1n) is 18.7. The van der Waals surface area contributed by atoms with Crippen molar-refractivity contribution in [3.63, 3.8) is 0 Å². The minimum absolute atomic E-state index is 0.238. The number of benzene rings is 3. The number of hydrogen-bond acceptors (Lipinski definition) is 6. The number of aromatic nitrogens is 4. The molecule has 0 radical (unpaired) electrons. The standard InChI is InChI=1S/C26H23ClN4O.C19H17ClN4O/c1-16-8-25-20(11-24(16)29-2)22(21-12-30-13-23(28)26(21)27)14-31(25)18-9-19(10-18)32-15-17-6-4-3-5-7-17;1-10-3-18-13(6-17(10)22-2)15(9-24(18)11-4-12(25)5-11)14-7-23-8-16(21)19(14)20/h3-8,11-14,18-19H,9-10,15,28H2,1H3;3,6-9,11-12,25H,4-5,21H2,1H3. The van der Waals surface area contributed by atoms with E-state index >= 15 is 0 Å². The maximum absolute atomic E-state index is 9.69. The highest BCUT2D eigenvalue weighted by molar-refractivity contribution is 6.36. The van der Waals surface area contributed by atoms with E-state index in [1.165, 1.54) is 11.8 Å². The number of aryl methyl sites for hydroxylation is 2. The van der Waals surface area contributed by atoms with Crippen LogP contribution in [-0.4, -0.2) is 36.4 Å². The Kier molecular flexibility index (Phi) is 10.4. The number of aliphatic hydroxyl groups excluding tert-OH is 1. The number of anilines is 2. The summed E-state index contributed by atoms with van der Waals surface area (Å²) in [6.07, 6.45) is 14.0. The van der Waals surface area contributed by atoms with Gasteiger partial charge in [-0.25, -0.2) is 9.69 Å². The summed E-state index contributed by atoms with van der Waals surface area (Å²) in [5, 5.41) is 12.6. The molecule has 2 saturated carbocycles. The number of nitrogens with two attached hydrogens (primary N) is 2. The summed E-state index contributed by atoms with van der Waals surface area (Å²) in [6, 6.07) is 18.8. The highest BCUT2D eigenvalue weighted by Crippen LogP contribution is 2.45. The molecule has 0 spiro atoms. The molecule has 0 amide bonds. The van der Waals surface area contributed by atoms with E-state index in [9.17, 15) is 5.11 Å². The van der Waals surface area contributed by atoms with Crippen molar-refractivity contribution >= 4 is 67.8 Å². The van der Waals surface area contributed by atoms with E-state index < -0.39 is 0 Å². The van der Waals surface area contributed by atoms with Crippen LogP contribution in [-0.2, 0) is 11.3 Å². The maximum atomic E-state index is 9.69. The van der Waals surface area contributed by atoms with E-state index in [4.69, 9.17) is 52.6 Å². The number of nitrogens with zero attached hydrogens (tertiary/aromatic N) is 6. The molecule has 0 unspecified atom stereocenters. The number of pyridine rings is 2. The topological polar surface area (TPSA) is 126 Å². The normalized spacial score (nSPS) is 18.6. The Bertz CT molecular complexity index is 2740. The Morgan fingerprint density at radius 2 is 1.19 bits per heavy atom. The first-order chi connectivity index (χ1) is 27.5. The van der Waals surface area contributed by atoms with Crippen molar-refractivity contribution in [3.8, 4) is 22.3 Å². The smallest absolute Gasteiger partial charge is 0.190 e. The van der Waals surface area contributed by atoms with Crippen molar-refractivity contribution < 1.29 is 9.84 Å². The zero-order valence-electron chi connectivity index (χ0n) is 31.5. The fourth-order valence-electron chi connectivity index (χ4n) is 7.83. The van der Waals surface area contributed by atoms with Gasteiger partial charge >= 0.3 is 0 Å². The van der Waals surface area contributed by atoms with Gasteiger partial charge in [-0.05, 0) is 91.3 Å². The van der Waals surface area contributed by atoms with E-state index in [-0.39, 0.29) is 18.2 Å². The van der Waals surface area contributed by atoms with Crippen LogP contribution in [0, 0.1) is 27.0 Å². The molecular weight excluding hydrogens is 755 g/mol. The molecule has 57 heavy (non-hydrogen) atoms. The molecular formula is C45H40Cl2N8O2. The van der Waals surface area contributed by atoms with Gasteiger partial charge in [-0.3, -0.25) is 9.97 Å². The largest absolute Gasteiger partial charge is 0.396 e.